The summed E-state index contributed by atoms with van der Waals surface area (Å²) in [5, 5.41) is 15.6. The Bertz CT molecular complexity index is 1160. The molecular formula is C24H20ClN3O2. The summed E-state index contributed by atoms with van der Waals surface area (Å²) in [5.74, 6) is 1.49. The van der Waals surface area contributed by atoms with E-state index in [9.17, 15) is 5.11 Å². The summed E-state index contributed by atoms with van der Waals surface area (Å²) >= 11 is 6.53. The maximum atomic E-state index is 11.0. The number of halogens is 1. The van der Waals surface area contributed by atoms with Crippen LogP contribution >= 0.6 is 11.6 Å². The van der Waals surface area contributed by atoms with E-state index in [1.165, 1.54) is 0 Å². The van der Waals surface area contributed by atoms with Crippen molar-refractivity contribution < 1.29 is 9.84 Å². The molecule has 0 fully saturated rings. The van der Waals surface area contributed by atoms with Crippen LogP contribution < -0.4 is 10.1 Å². The minimum absolute atomic E-state index is 0.0791. The first-order valence-electron chi connectivity index (χ1n) is 9.44. The number of hydrogen-bond donors (Lipinski definition) is 2. The summed E-state index contributed by atoms with van der Waals surface area (Å²) in [6, 6.07) is 18.2. The molecule has 0 aliphatic rings. The molecule has 0 unspecified atom stereocenters. The average Bonchev–Trinajstić information content (AvgIpc) is 2.80. The van der Waals surface area contributed by atoms with Crippen molar-refractivity contribution in [2.24, 2.45) is 0 Å². The fourth-order valence-corrected chi connectivity index (χ4v) is 3.54. The highest BCUT2D eigenvalue weighted by atomic mass is 35.5. The Morgan fingerprint density at radius 1 is 1.07 bits per heavy atom. The number of rotatable bonds is 7. The number of aromatic hydroxyl groups is 1. The van der Waals surface area contributed by atoms with Crippen LogP contribution in [-0.2, 0) is 0 Å². The van der Waals surface area contributed by atoms with Crippen molar-refractivity contribution in [2.75, 3.05) is 11.9 Å². The van der Waals surface area contributed by atoms with E-state index in [0.717, 1.165) is 11.3 Å². The zero-order valence-corrected chi connectivity index (χ0v) is 16.9. The topological polar surface area (TPSA) is 67.3 Å². The maximum Gasteiger partial charge on any atom is 0.147 e. The van der Waals surface area contributed by atoms with Crippen molar-refractivity contribution in [1.82, 2.24) is 9.97 Å². The van der Waals surface area contributed by atoms with Gasteiger partial charge in [-0.25, -0.2) is 4.98 Å². The Morgan fingerprint density at radius 2 is 1.87 bits per heavy atom. The molecule has 4 aromatic rings. The van der Waals surface area contributed by atoms with E-state index in [-0.39, 0.29) is 5.75 Å². The Morgan fingerprint density at radius 3 is 2.60 bits per heavy atom. The third-order valence-electron chi connectivity index (χ3n) is 4.69. The number of nitrogens with one attached hydrogen (secondary N) is 1. The molecule has 0 radical (unpaired) electrons. The molecule has 0 aliphatic carbocycles. The van der Waals surface area contributed by atoms with Gasteiger partial charge in [0.25, 0.3) is 0 Å². The molecular weight excluding hydrogens is 398 g/mol. The number of nitrogens with zero attached hydrogens (tertiary/aromatic N) is 2. The van der Waals surface area contributed by atoms with Gasteiger partial charge >= 0.3 is 0 Å². The molecule has 0 amide bonds. The van der Waals surface area contributed by atoms with Crippen LogP contribution in [0.1, 0.15) is 17.2 Å². The number of ether oxygens (including phenoxy) is 1. The molecule has 0 saturated carbocycles. The fourth-order valence-electron chi connectivity index (χ4n) is 3.27. The zero-order valence-electron chi connectivity index (χ0n) is 16.1. The molecule has 2 N–H and O–H groups in total. The van der Waals surface area contributed by atoms with Gasteiger partial charge in [-0.3, -0.25) is 4.98 Å². The van der Waals surface area contributed by atoms with Crippen LogP contribution in [0.4, 0.5) is 5.82 Å². The zero-order chi connectivity index (χ0) is 20.9. The molecule has 4 rings (SSSR count). The van der Waals surface area contributed by atoms with Gasteiger partial charge in [0.2, 0.25) is 0 Å². The van der Waals surface area contributed by atoms with Crippen molar-refractivity contribution in [3.8, 4) is 11.5 Å². The first kappa shape index (κ1) is 19.7. The molecule has 0 aliphatic heterocycles. The van der Waals surface area contributed by atoms with Gasteiger partial charge in [0.1, 0.15) is 29.4 Å². The molecule has 30 heavy (non-hydrogen) atoms. The minimum Gasteiger partial charge on any atom is -0.505 e. The first-order valence-corrected chi connectivity index (χ1v) is 9.82. The third-order valence-corrected chi connectivity index (χ3v) is 5.01. The second kappa shape index (κ2) is 8.84. The van der Waals surface area contributed by atoms with Gasteiger partial charge in [-0.15, -0.1) is 0 Å². The lowest BCUT2D eigenvalue weighted by Crippen LogP contribution is -2.14. The summed E-state index contributed by atoms with van der Waals surface area (Å²) < 4.78 is 5.58. The van der Waals surface area contributed by atoms with Gasteiger partial charge < -0.3 is 15.2 Å². The van der Waals surface area contributed by atoms with E-state index < -0.39 is 6.04 Å². The molecule has 0 spiro atoms. The Hall–Kier alpha value is -3.57. The van der Waals surface area contributed by atoms with Crippen LogP contribution in [0, 0.1) is 0 Å². The highest BCUT2D eigenvalue weighted by Gasteiger charge is 2.22. The van der Waals surface area contributed by atoms with Crippen molar-refractivity contribution >= 4 is 28.3 Å². The lowest BCUT2D eigenvalue weighted by atomic mass is 9.96. The summed E-state index contributed by atoms with van der Waals surface area (Å²) in [7, 11) is 0. The number of benzene rings is 2. The normalized spacial score (nSPS) is 11.8. The van der Waals surface area contributed by atoms with Crippen molar-refractivity contribution in [2.45, 2.75) is 6.04 Å². The van der Waals surface area contributed by atoms with Crippen LogP contribution in [0.15, 0.2) is 85.7 Å². The highest BCUT2D eigenvalue weighted by Crippen LogP contribution is 2.39. The summed E-state index contributed by atoms with van der Waals surface area (Å²) in [6.45, 7) is 4.09. The molecule has 5 nitrogen and oxygen atoms in total. The fraction of sp³-hybridized carbons (Fsp3) is 0.0833. The molecule has 2 aromatic carbocycles. The smallest absolute Gasteiger partial charge is 0.147 e. The molecule has 2 heterocycles. The van der Waals surface area contributed by atoms with E-state index >= 15 is 0 Å². The maximum absolute atomic E-state index is 11.0. The highest BCUT2D eigenvalue weighted by molar-refractivity contribution is 6.35. The largest absolute Gasteiger partial charge is 0.505 e. The first-order chi connectivity index (χ1) is 14.7. The summed E-state index contributed by atoms with van der Waals surface area (Å²) in [5.41, 5.74) is 1.98. The minimum atomic E-state index is -0.405. The monoisotopic (exact) mass is 417 g/mol. The molecule has 6 heteroatoms. The lowest BCUT2D eigenvalue weighted by molar-refractivity contribution is 0.363. The van der Waals surface area contributed by atoms with Crippen molar-refractivity contribution in [1.29, 1.82) is 0 Å². The number of pyridine rings is 2. The van der Waals surface area contributed by atoms with Gasteiger partial charge in [-0.1, -0.05) is 42.5 Å². The van der Waals surface area contributed by atoms with Crippen LogP contribution in [0.5, 0.6) is 11.5 Å². The number of hydrogen-bond acceptors (Lipinski definition) is 5. The van der Waals surface area contributed by atoms with Gasteiger partial charge in [0, 0.05) is 23.3 Å². The summed E-state index contributed by atoms with van der Waals surface area (Å²) in [6.07, 6.45) is 5.04. The van der Waals surface area contributed by atoms with Crippen molar-refractivity contribution in [3.05, 3.63) is 102 Å². The Kier molecular flexibility index (Phi) is 5.82. The predicted octanol–water partition coefficient (Wildman–Crippen LogP) is 5.76. The van der Waals surface area contributed by atoms with E-state index in [1.807, 2.05) is 48.5 Å². The van der Waals surface area contributed by atoms with E-state index in [4.69, 9.17) is 16.3 Å². The number of aromatic nitrogens is 2. The molecule has 1 atom stereocenters. The molecule has 0 saturated heterocycles. The van der Waals surface area contributed by atoms with Gasteiger partial charge in [-0.2, -0.15) is 0 Å². The standard InChI is InChI=1S/C24H20ClN3O2/c1-2-14-30-17-10-8-16(9-11-17)22(28-21-7-3-4-12-26-21)19-15-20(25)18-6-5-13-27-23(18)24(19)29/h2-13,15,22,29H,1,14H2,(H,26,28)/t22-/m0/s1. The van der Waals surface area contributed by atoms with Crippen LogP contribution in [0.2, 0.25) is 5.02 Å². The van der Waals surface area contributed by atoms with E-state index in [2.05, 4.69) is 21.9 Å². The van der Waals surface area contributed by atoms with Crippen molar-refractivity contribution in [3.63, 3.8) is 0 Å². The number of phenolic OH excluding ortho intramolecular Hbond substituents is 1. The predicted molar refractivity (Wildman–Crippen MR) is 120 cm³/mol. The lowest BCUT2D eigenvalue weighted by Gasteiger charge is -2.22. The van der Waals surface area contributed by atoms with Crippen LogP contribution in [0.3, 0.4) is 0 Å². The molecule has 150 valence electrons. The Labute approximate surface area is 179 Å². The quantitative estimate of drug-likeness (QED) is 0.374. The second-order valence-electron chi connectivity index (χ2n) is 6.66. The third kappa shape index (κ3) is 4.07. The van der Waals surface area contributed by atoms with Gasteiger partial charge in [-0.05, 0) is 48.0 Å². The van der Waals surface area contributed by atoms with Crippen LogP contribution in [-0.4, -0.2) is 21.7 Å². The SMILES string of the molecule is C=CCOc1ccc([C@H](Nc2ccccn2)c2cc(Cl)c3cccnc3c2O)cc1. The van der Waals surface area contributed by atoms with Gasteiger partial charge in [0.05, 0.1) is 11.1 Å². The Balaban J connectivity index is 1.81. The van der Waals surface area contributed by atoms with E-state index in [0.29, 0.717) is 33.9 Å². The van der Waals surface area contributed by atoms with Gasteiger partial charge in [0.15, 0.2) is 0 Å². The number of fused-ring (bicyclic) bond motifs is 1. The molecule has 0 bridgehead atoms. The average molecular weight is 418 g/mol. The summed E-state index contributed by atoms with van der Waals surface area (Å²) in [4.78, 5) is 8.69. The van der Waals surface area contributed by atoms with Crippen LogP contribution in [0.25, 0.3) is 10.9 Å². The number of phenols is 1. The molecule has 2 aromatic heterocycles. The second-order valence-corrected chi connectivity index (χ2v) is 7.06. The van der Waals surface area contributed by atoms with E-state index in [1.54, 1.807) is 30.6 Å². The number of anilines is 1.